The number of halogens is 1. The van der Waals surface area contributed by atoms with Crippen molar-refractivity contribution >= 4 is 69.0 Å². The van der Waals surface area contributed by atoms with E-state index < -0.39 is 0 Å². The van der Waals surface area contributed by atoms with Gasteiger partial charge in [0.1, 0.15) is 0 Å². The average Bonchev–Trinajstić information content (AvgIpc) is 3.95. The van der Waals surface area contributed by atoms with E-state index in [1.807, 2.05) is 25.0 Å². The quantitative estimate of drug-likeness (QED) is 0.139. The second-order valence-electron chi connectivity index (χ2n) is 11.4. The van der Waals surface area contributed by atoms with Crippen LogP contribution in [0.3, 0.4) is 0 Å². The molecule has 2 fully saturated rings. The van der Waals surface area contributed by atoms with Gasteiger partial charge in [0.15, 0.2) is 0 Å². The first-order chi connectivity index (χ1) is 23.2. The van der Waals surface area contributed by atoms with Gasteiger partial charge in [0.25, 0.3) is 0 Å². The zero-order chi connectivity index (χ0) is 31.6. The van der Waals surface area contributed by atoms with E-state index in [4.69, 9.17) is 9.97 Å². The number of H-pyrrole nitrogens is 2. The smallest absolute Gasteiger partial charge is 0.355 e. The summed E-state index contributed by atoms with van der Waals surface area (Å²) >= 11 is 2.28. The molecule has 48 heavy (non-hydrogen) atoms. The number of benzene rings is 2. The monoisotopic (exact) mass is 772 g/mol. The largest absolute Gasteiger partial charge is 2.00 e. The van der Waals surface area contributed by atoms with Crippen LogP contribution < -0.4 is 0 Å². The Bertz CT molecular complexity index is 1980. The molecular weight excluding hydrogens is 743 g/mol. The van der Waals surface area contributed by atoms with Crippen molar-refractivity contribution < 1.29 is 17.1 Å². The van der Waals surface area contributed by atoms with Crippen molar-refractivity contribution in [3.63, 3.8) is 0 Å². The predicted octanol–water partition coefficient (Wildman–Crippen LogP) is 10.5. The number of fused-ring (bicyclic) bond motifs is 8. The van der Waals surface area contributed by atoms with Gasteiger partial charge in [-0.25, -0.2) is 9.97 Å². The maximum Gasteiger partial charge on any atom is 2.00 e. The molecule has 2 aromatic carbocycles. The van der Waals surface area contributed by atoms with Crippen molar-refractivity contribution in [2.45, 2.75) is 0 Å². The van der Waals surface area contributed by atoms with Crippen LogP contribution in [0.4, 0.5) is 0 Å². The molecule has 4 aliphatic rings. The van der Waals surface area contributed by atoms with Crippen molar-refractivity contribution in [2.75, 3.05) is 0 Å². The van der Waals surface area contributed by atoms with Gasteiger partial charge in [-0.3, -0.25) is 0 Å². The Balaban J connectivity index is 0.000000472. The Labute approximate surface area is 306 Å². The van der Waals surface area contributed by atoms with Crippen LogP contribution in [0.2, 0.25) is 0 Å². The Hall–Kier alpha value is -3.71. The molecule has 10 radical (unpaired) electrons. The topological polar surface area (TPSA) is 57.4 Å². The Morgan fingerprint density at radius 2 is 0.875 bits per heavy atom. The Morgan fingerprint density at radius 1 is 0.458 bits per heavy atom. The number of nitrogens with one attached hydrogen (secondary N) is 2. The summed E-state index contributed by atoms with van der Waals surface area (Å²) < 4.78 is 1.31. The average molecular weight is 772 g/mol. The third-order valence-corrected chi connectivity index (χ3v) is 8.99. The molecule has 2 aliphatic heterocycles. The van der Waals surface area contributed by atoms with Crippen LogP contribution in [0, 0.1) is 61.2 Å². The fourth-order valence-electron chi connectivity index (χ4n) is 6.14. The predicted molar refractivity (Wildman–Crippen MR) is 204 cm³/mol. The van der Waals surface area contributed by atoms with E-state index in [0.717, 1.165) is 78.6 Å². The summed E-state index contributed by atoms with van der Waals surface area (Å²) in [6.45, 7) is 0. The molecule has 5 heterocycles. The summed E-state index contributed by atoms with van der Waals surface area (Å²) in [5.74, 6) is 1.10. The molecule has 0 spiro atoms. The molecule has 6 heteroatoms. The summed E-state index contributed by atoms with van der Waals surface area (Å²) in [5, 5.41) is 0. The van der Waals surface area contributed by atoms with Gasteiger partial charge in [0, 0.05) is 48.6 Å². The molecule has 8 bridgehead atoms. The number of nitrogens with zero attached hydrogens (tertiary/aromatic N) is 2. The number of hydrogen-bond acceptors (Lipinski definition) is 2. The molecule has 2 saturated carbocycles. The van der Waals surface area contributed by atoms with E-state index in [9.17, 15) is 0 Å². The van der Waals surface area contributed by atoms with Gasteiger partial charge in [-0.15, -0.1) is 0 Å². The van der Waals surface area contributed by atoms with Crippen molar-refractivity contribution in [3.8, 4) is 22.3 Å². The number of rotatable bonds is 3. The molecular formula is C42H29FeIN4+2. The Morgan fingerprint density at radius 3 is 1.29 bits per heavy atom. The van der Waals surface area contributed by atoms with Gasteiger partial charge < -0.3 is 9.97 Å². The standard InChI is InChI=1S/C37H25N4.C5H4I.Fe/c1-3-9-24(10-4-1)35-29-17-15-27(38-29)23-28-16-18-30(39-28)36(25-11-5-2-6-12-25)32-20-22-34(41-32)37(26-13-7-8-14-26)33-21-19-31(35)40-33;6-5-3-1-2-4-5;/h1-23,38-39H;1-4H;/q;;+2. The molecule has 2 aliphatic carbocycles. The molecule has 2 N–H and O–H groups in total. The minimum Gasteiger partial charge on any atom is -0.355 e. The van der Waals surface area contributed by atoms with Gasteiger partial charge in [-0.2, -0.15) is 0 Å². The Kier molecular flexibility index (Phi) is 10.1. The van der Waals surface area contributed by atoms with Crippen LogP contribution in [0.5, 0.6) is 0 Å². The maximum absolute atomic E-state index is 5.23. The van der Waals surface area contributed by atoms with E-state index in [0.29, 0.717) is 0 Å². The fraction of sp³-hybridized carbons (Fsp3) is 0. The molecule has 0 unspecified atom stereocenters. The first-order valence-corrected chi connectivity index (χ1v) is 16.6. The SMILES string of the molecule is I[C]1[CH][CH][CH][CH]1.[CH]1[CH][CH][C](c2c3nc(c(-c4ccccc4)c4ccc(cc5ccc([nH]5)c(-c5ccccc5)c5nc2C=C5)[nH]4)C=C3)[CH]1.[Fe+2]. The molecule has 9 rings (SSSR count). The van der Waals surface area contributed by atoms with Crippen molar-refractivity contribution in [1.82, 2.24) is 19.9 Å². The molecule has 230 valence electrons. The summed E-state index contributed by atoms with van der Waals surface area (Å²) in [5.41, 5.74) is 13.1. The van der Waals surface area contributed by atoms with Crippen LogP contribution in [-0.2, 0) is 17.1 Å². The van der Waals surface area contributed by atoms with Crippen LogP contribution in [0.15, 0.2) is 91.0 Å². The maximum atomic E-state index is 5.23. The summed E-state index contributed by atoms with van der Waals surface area (Å²) in [4.78, 5) is 17.8. The van der Waals surface area contributed by atoms with E-state index in [1.54, 1.807) is 0 Å². The van der Waals surface area contributed by atoms with Crippen molar-refractivity contribution in [1.29, 1.82) is 0 Å². The molecule has 0 saturated heterocycles. The molecule has 0 amide bonds. The second kappa shape index (κ2) is 14.8. The number of aromatic amines is 2. The van der Waals surface area contributed by atoms with Crippen LogP contribution in [0.1, 0.15) is 28.3 Å². The van der Waals surface area contributed by atoms with Crippen molar-refractivity contribution in [2.24, 2.45) is 0 Å². The van der Waals surface area contributed by atoms with E-state index in [-0.39, 0.29) is 17.1 Å². The van der Waals surface area contributed by atoms with E-state index >= 15 is 0 Å². The number of aromatic nitrogens is 4. The minimum absolute atomic E-state index is 0. The third-order valence-electron chi connectivity index (χ3n) is 8.27. The molecule has 4 nitrogen and oxygen atoms in total. The first kappa shape index (κ1) is 32.8. The minimum atomic E-state index is 0. The fourth-order valence-corrected chi connectivity index (χ4v) is 6.56. The van der Waals surface area contributed by atoms with Crippen LogP contribution >= 0.6 is 22.6 Å². The van der Waals surface area contributed by atoms with E-state index in [1.165, 1.54) is 3.92 Å². The van der Waals surface area contributed by atoms with Gasteiger partial charge in [-0.05, 0) is 117 Å². The summed E-state index contributed by atoms with van der Waals surface area (Å²) in [7, 11) is 0. The van der Waals surface area contributed by atoms with Gasteiger partial charge >= 0.3 is 17.1 Å². The zero-order valence-corrected chi connectivity index (χ0v) is 29.0. The van der Waals surface area contributed by atoms with Crippen LogP contribution in [0.25, 0.3) is 68.6 Å². The van der Waals surface area contributed by atoms with Crippen LogP contribution in [-0.4, -0.2) is 19.9 Å². The first-order valence-electron chi connectivity index (χ1n) is 15.5. The van der Waals surface area contributed by atoms with Gasteiger partial charge in [-0.1, -0.05) is 83.3 Å². The normalized spacial score (nSPS) is 15.7. The van der Waals surface area contributed by atoms with Gasteiger partial charge in [0.05, 0.1) is 22.8 Å². The zero-order valence-electron chi connectivity index (χ0n) is 25.7. The van der Waals surface area contributed by atoms with Gasteiger partial charge in [0.2, 0.25) is 0 Å². The number of hydrogen-bond donors (Lipinski definition) is 2. The molecule has 5 aromatic rings. The second-order valence-corrected chi connectivity index (χ2v) is 12.6. The van der Waals surface area contributed by atoms with E-state index in [2.05, 4.69) is 174 Å². The molecule has 0 atom stereocenters. The third kappa shape index (κ3) is 6.89. The summed E-state index contributed by atoms with van der Waals surface area (Å²) in [6, 6.07) is 31.6. The van der Waals surface area contributed by atoms with Crippen molar-refractivity contribution in [3.05, 3.63) is 181 Å². The molecule has 3 aromatic heterocycles. The summed E-state index contributed by atoms with van der Waals surface area (Å²) in [6.07, 6.45) is 25.0.